The number of ether oxygens (including phenoxy) is 3. The molecule has 2 N–H and O–H groups in total. The van der Waals surface area contributed by atoms with Gasteiger partial charge in [0.05, 0.1) is 32.1 Å². The van der Waals surface area contributed by atoms with Gasteiger partial charge in [0.15, 0.2) is 0 Å². The molecule has 2 aromatic carbocycles. The van der Waals surface area contributed by atoms with Gasteiger partial charge in [0.25, 0.3) is 5.91 Å². The zero-order chi connectivity index (χ0) is 25.7. The smallest absolute Gasteiger partial charge is 0.255 e. The number of para-hydroxylation sites is 2. The van der Waals surface area contributed by atoms with Crippen molar-refractivity contribution in [1.29, 1.82) is 0 Å². The lowest BCUT2D eigenvalue weighted by Crippen LogP contribution is -2.32. The van der Waals surface area contributed by atoms with Crippen molar-refractivity contribution in [2.75, 3.05) is 37.2 Å². The van der Waals surface area contributed by atoms with Gasteiger partial charge in [-0.25, -0.2) is 4.68 Å². The van der Waals surface area contributed by atoms with Crippen LogP contribution in [-0.2, 0) is 4.79 Å². The summed E-state index contributed by atoms with van der Waals surface area (Å²) in [6.45, 7) is 6.36. The molecule has 0 aliphatic carbocycles. The first kappa shape index (κ1) is 25.4. The van der Waals surface area contributed by atoms with Crippen LogP contribution in [0.4, 0.5) is 11.6 Å². The number of thioether (sulfide) groups is 1. The third-order valence-corrected chi connectivity index (χ3v) is 6.72. The van der Waals surface area contributed by atoms with Crippen LogP contribution in [0.3, 0.4) is 0 Å². The third kappa shape index (κ3) is 5.13. The highest BCUT2D eigenvalue weighted by Crippen LogP contribution is 2.41. The van der Waals surface area contributed by atoms with Crippen molar-refractivity contribution in [2.24, 2.45) is 0 Å². The summed E-state index contributed by atoms with van der Waals surface area (Å²) in [4.78, 5) is 18.5. The molecular weight excluding hydrogens is 478 g/mol. The molecule has 3 aromatic rings. The predicted octanol–water partition coefficient (Wildman–Crippen LogP) is 5.12. The summed E-state index contributed by atoms with van der Waals surface area (Å²) in [6, 6.07) is 12.3. The number of hydrogen-bond donors (Lipinski definition) is 2. The van der Waals surface area contributed by atoms with Crippen molar-refractivity contribution in [3.8, 4) is 17.2 Å². The van der Waals surface area contributed by atoms with E-state index in [0.717, 1.165) is 17.7 Å². The standard InChI is InChI=1S/C26H31N5O4S/c1-6-14-36-26-29-25-27-16(3)22(24(32)28-19-10-8-9-11-21(19)35-7-2)23(31(25)30-26)18-15-17(33-4)12-13-20(18)34-5/h8-13,15,23H,6-7,14H2,1-5H3,(H,28,32)(H,27,29,30). The van der Waals surface area contributed by atoms with Crippen molar-refractivity contribution in [3.05, 3.63) is 59.3 Å². The molecular formula is C26H31N5O4S. The Hall–Kier alpha value is -3.66. The van der Waals surface area contributed by atoms with Gasteiger partial charge in [-0.15, -0.1) is 5.10 Å². The van der Waals surface area contributed by atoms with Gasteiger partial charge in [-0.2, -0.15) is 4.98 Å². The lowest BCUT2D eigenvalue weighted by Gasteiger charge is -2.29. The Labute approximate surface area is 215 Å². The van der Waals surface area contributed by atoms with Crippen molar-refractivity contribution >= 4 is 29.3 Å². The molecule has 190 valence electrons. The number of carbonyl (C=O) groups excluding carboxylic acids is 1. The third-order valence-electron chi connectivity index (χ3n) is 5.68. The van der Waals surface area contributed by atoms with E-state index in [-0.39, 0.29) is 5.91 Å². The minimum absolute atomic E-state index is 0.286. The molecule has 1 unspecified atom stereocenters. The van der Waals surface area contributed by atoms with Gasteiger partial charge in [-0.3, -0.25) is 4.79 Å². The minimum Gasteiger partial charge on any atom is -0.497 e. The summed E-state index contributed by atoms with van der Waals surface area (Å²) in [5.74, 6) is 3.03. The molecule has 1 aliphatic heterocycles. The molecule has 0 saturated carbocycles. The van der Waals surface area contributed by atoms with Crippen molar-refractivity contribution < 1.29 is 19.0 Å². The van der Waals surface area contributed by atoms with Gasteiger partial charge >= 0.3 is 0 Å². The molecule has 36 heavy (non-hydrogen) atoms. The lowest BCUT2D eigenvalue weighted by molar-refractivity contribution is -0.113. The normalized spacial score (nSPS) is 14.6. The summed E-state index contributed by atoms with van der Waals surface area (Å²) in [5.41, 5.74) is 2.48. The molecule has 0 fully saturated rings. The number of hydrogen-bond acceptors (Lipinski definition) is 8. The maximum Gasteiger partial charge on any atom is 0.255 e. The van der Waals surface area contributed by atoms with E-state index in [0.29, 0.717) is 51.9 Å². The predicted molar refractivity (Wildman–Crippen MR) is 141 cm³/mol. The van der Waals surface area contributed by atoms with Gasteiger partial charge in [-0.05, 0) is 50.6 Å². The zero-order valence-electron chi connectivity index (χ0n) is 21.1. The van der Waals surface area contributed by atoms with Crippen LogP contribution in [0.15, 0.2) is 58.9 Å². The Bertz CT molecular complexity index is 1270. The Kier molecular flexibility index (Phi) is 8.04. The fourth-order valence-corrected chi connectivity index (χ4v) is 4.74. The number of carbonyl (C=O) groups is 1. The maximum atomic E-state index is 13.9. The van der Waals surface area contributed by atoms with Gasteiger partial charge in [0.2, 0.25) is 11.1 Å². The first-order valence-corrected chi connectivity index (χ1v) is 12.8. The Morgan fingerprint density at radius 1 is 1.14 bits per heavy atom. The number of anilines is 2. The molecule has 4 rings (SSSR count). The van der Waals surface area contributed by atoms with Crippen LogP contribution >= 0.6 is 11.8 Å². The molecule has 2 heterocycles. The number of aromatic nitrogens is 3. The van der Waals surface area contributed by atoms with Crippen LogP contribution in [0.1, 0.15) is 38.8 Å². The van der Waals surface area contributed by atoms with Crippen LogP contribution in [0.2, 0.25) is 0 Å². The summed E-state index contributed by atoms with van der Waals surface area (Å²) >= 11 is 1.58. The van der Waals surface area contributed by atoms with Gasteiger partial charge < -0.3 is 24.8 Å². The Balaban J connectivity index is 1.82. The molecule has 0 radical (unpaired) electrons. The molecule has 0 saturated heterocycles. The first-order chi connectivity index (χ1) is 17.5. The Morgan fingerprint density at radius 3 is 2.67 bits per heavy atom. The molecule has 1 aliphatic rings. The topological polar surface area (TPSA) is 99.5 Å². The number of rotatable bonds is 10. The average Bonchev–Trinajstić information content (AvgIpc) is 3.29. The van der Waals surface area contributed by atoms with Crippen LogP contribution in [0, 0.1) is 0 Å². The van der Waals surface area contributed by atoms with Gasteiger partial charge in [0.1, 0.15) is 23.3 Å². The van der Waals surface area contributed by atoms with E-state index in [1.165, 1.54) is 0 Å². The van der Waals surface area contributed by atoms with Crippen LogP contribution in [0.5, 0.6) is 17.2 Å². The van der Waals surface area contributed by atoms with Crippen molar-refractivity contribution in [3.63, 3.8) is 0 Å². The molecule has 1 aromatic heterocycles. The van der Waals surface area contributed by atoms with Crippen molar-refractivity contribution in [1.82, 2.24) is 14.8 Å². The number of nitrogens with zero attached hydrogens (tertiary/aromatic N) is 3. The van der Waals surface area contributed by atoms with Gasteiger partial charge in [0, 0.05) is 17.0 Å². The second-order valence-electron chi connectivity index (χ2n) is 8.07. The molecule has 1 amide bonds. The van der Waals surface area contributed by atoms with E-state index < -0.39 is 6.04 Å². The van der Waals surface area contributed by atoms with Crippen molar-refractivity contribution in [2.45, 2.75) is 38.4 Å². The van der Waals surface area contributed by atoms with E-state index in [2.05, 4.69) is 22.5 Å². The highest BCUT2D eigenvalue weighted by Gasteiger charge is 2.36. The number of benzene rings is 2. The molecule has 1 atom stereocenters. The maximum absolute atomic E-state index is 13.9. The molecule has 10 heteroatoms. The number of methoxy groups -OCH3 is 2. The van der Waals surface area contributed by atoms with E-state index >= 15 is 0 Å². The minimum atomic E-state index is -0.603. The fraction of sp³-hybridized carbons (Fsp3) is 0.346. The number of fused-ring (bicyclic) bond motifs is 1. The van der Waals surface area contributed by atoms with Crippen LogP contribution in [-0.4, -0.2) is 47.3 Å². The second kappa shape index (κ2) is 11.4. The summed E-state index contributed by atoms with van der Waals surface area (Å²) in [7, 11) is 3.21. The number of nitrogens with one attached hydrogen (secondary N) is 2. The van der Waals surface area contributed by atoms with E-state index in [4.69, 9.17) is 19.3 Å². The summed E-state index contributed by atoms with van der Waals surface area (Å²) < 4.78 is 18.7. The highest BCUT2D eigenvalue weighted by molar-refractivity contribution is 7.99. The Morgan fingerprint density at radius 2 is 1.94 bits per heavy atom. The van der Waals surface area contributed by atoms with E-state index in [1.54, 1.807) is 30.7 Å². The number of amides is 1. The zero-order valence-corrected chi connectivity index (χ0v) is 21.9. The monoisotopic (exact) mass is 509 g/mol. The van der Waals surface area contributed by atoms with Gasteiger partial charge in [-0.1, -0.05) is 30.8 Å². The highest BCUT2D eigenvalue weighted by atomic mass is 32.2. The van der Waals surface area contributed by atoms with E-state index in [1.807, 2.05) is 56.3 Å². The van der Waals surface area contributed by atoms with Crippen LogP contribution in [0.25, 0.3) is 0 Å². The first-order valence-electron chi connectivity index (χ1n) is 11.8. The summed E-state index contributed by atoms with van der Waals surface area (Å²) in [6.07, 6.45) is 0.999. The number of allylic oxidation sites excluding steroid dienone is 1. The molecule has 0 spiro atoms. The quantitative estimate of drug-likeness (QED) is 0.363. The molecule has 9 nitrogen and oxygen atoms in total. The summed E-state index contributed by atoms with van der Waals surface area (Å²) in [5, 5.41) is 11.7. The van der Waals surface area contributed by atoms with E-state index in [9.17, 15) is 4.79 Å². The lowest BCUT2D eigenvalue weighted by atomic mass is 9.94. The second-order valence-corrected chi connectivity index (χ2v) is 9.13. The average molecular weight is 510 g/mol. The largest absolute Gasteiger partial charge is 0.497 e. The van der Waals surface area contributed by atoms with Crippen LogP contribution < -0.4 is 24.8 Å². The SMILES string of the molecule is CCCSc1nc2n(n1)C(c1cc(OC)ccc1OC)C(C(=O)Nc1ccccc1OCC)=C(C)N2. The molecule has 0 bridgehead atoms. The fourth-order valence-electron chi connectivity index (χ4n) is 4.06.